The Morgan fingerprint density at radius 3 is 2.60 bits per heavy atom. The molecule has 0 radical (unpaired) electrons. The summed E-state index contributed by atoms with van der Waals surface area (Å²) in [5.74, 6) is -2.98. The van der Waals surface area contributed by atoms with E-state index in [-0.39, 0.29) is 30.0 Å². The number of fused-ring (bicyclic) bond motifs is 1. The summed E-state index contributed by atoms with van der Waals surface area (Å²) in [5.41, 5.74) is 0.358. The van der Waals surface area contributed by atoms with Crippen molar-refractivity contribution in [2.45, 2.75) is 31.7 Å². The first-order valence-electron chi connectivity index (χ1n) is 9.58. The normalized spacial score (nSPS) is 13.4. The van der Waals surface area contributed by atoms with Gasteiger partial charge in [0.2, 0.25) is 0 Å². The number of benzene rings is 2. The van der Waals surface area contributed by atoms with Crippen molar-refractivity contribution in [2.24, 2.45) is 0 Å². The lowest BCUT2D eigenvalue weighted by atomic mass is 10.1. The number of ketones is 1. The largest absolute Gasteiger partial charge is 0.457 e. The summed E-state index contributed by atoms with van der Waals surface area (Å²) in [7, 11) is 0. The Morgan fingerprint density at radius 2 is 1.87 bits per heavy atom. The molecule has 8 heteroatoms. The van der Waals surface area contributed by atoms with Gasteiger partial charge in [-0.3, -0.25) is 19.0 Å². The number of ether oxygens (including phenoxy) is 1. The number of carbonyl (C=O) groups excluding carboxylic acids is 2. The zero-order valence-corrected chi connectivity index (χ0v) is 15.9. The zero-order valence-electron chi connectivity index (χ0n) is 15.9. The molecule has 0 amide bonds. The fraction of sp³-hybridized carbons (Fsp3) is 0.273. The van der Waals surface area contributed by atoms with Crippen molar-refractivity contribution in [2.75, 3.05) is 6.61 Å². The van der Waals surface area contributed by atoms with Crippen molar-refractivity contribution in [3.63, 3.8) is 0 Å². The van der Waals surface area contributed by atoms with E-state index >= 15 is 0 Å². The molecule has 154 valence electrons. The van der Waals surface area contributed by atoms with Crippen molar-refractivity contribution in [3.05, 3.63) is 75.8 Å². The van der Waals surface area contributed by atoms with Crippen molar-refractivity contribution in [1.29, 1.82) is 0 Å². The number of nitrogens with zero attached hydrogens (tertiary/aromatic N) is 2. The lowest BCUT2D eigenvalue weighted by molar-refractivity contribution is -0.142. The molecule has 1 fully saturated rings. The summed E-state index contributed by atoms with van der Waals surface area (Å²) >= 11 is 0. The minimum Gasteiger partial charge on any atom is -0.457 e. The zero-order chi connectivity index (χ0) is 21.3. The Morgan fingerprint density at radius 1 is 1.10 bits per heavy atom. The molecule has 0 aliphatic heterocycles. The molecule has 1 heterocycles. The Bertz CT molecular complexity index is 1200. The van der Waals surface area contributed by atoms with E-state index in [9.17, 15) is 23.2 Å². The Labute approximate surface area is 170 Å². The fourth-order valence-electron chi connectivity index (χ4n) is 3.26. The second kappa shape index (κ2) is 8.14. The summed E-state index contributed by atoms with van der Waals surface area (Å²) in [5, 5.41) is 0.535. The molecule has 0 N–H and O–H groups in total. The van der Waals surface area contributed by atoms with Crippen LogP contribution in [-0.4, -0.2) is 27.9 Å². The van der Waals surface area contributed by atoms with E-state index in [2.05, 4.69) is 4.98 Å². The summed E-state index contributed by atoms with van der Waals surface area (Å²) in [6.45, 7) is -0.579. The molecule has 30 heavy (non-hydrogen) atoms. The van der Waals surface area contributed by atoms with Crippen LogP contribution in [0.25, 0.3) is 10.9 Å². The third-order valence-corrected chi connectivity index (χ3v) is 4.95. The van der Waals surface area contributed by atoms with Crippen LogP contribution in [0.1, 0.15) is 41.5 Å². The van der Waals surface area contributed by atoms with Crippen LogP contribution in [0.3, 0.4) is 0 Å². The molecule has 4 rings (SSSR count). The van der Waals surface area contributed by atoms with Gasteiger partial charge in [0.15, 0.2) is 24.0 Å². The van der Waals surface area contributed by atoms with E-state index < -0.39 is 30.0 Å². The van der Waals surface area contributed by atoms with Crippen LogP contribution in [0.2, 0.25) is 0 Å². The molecule has 2 aromatic carbocycles. The third kappa shape index (κ3) is 4.12. The first kappa shape index (κ1) is 19.9. The second-order valence-corrected chi connectivity index (χ2v) is 7.16. The van der Waals surface area contributed by atoms with Crippen LogP contribution < -0.4 is 5.56 Å². The Balaban J connectivity index is 1.42. The summed E-state index contributed by atoms with van der Waals surface area (Å²) in [4.78, 5) is 41.4. The topological polar surface area (TPSA) is 78.3 Å². The number of hydrogen-bond acceptors (Lipinski definition) is 5. The van der Waals surface area contributed by atoms with Crippen LogP contribution in [0.4, 0.5) is 8.78 Å². The Kier molecular flexibility index (Phi) is 5.39. The van der Waals surface area contributed by atoms with Gasteiger partial charge in [0.1, 0.15) is 5.82 Å². The number of hydrogen-bond donors (Lipinski definition) is 0. The lowest BCUT2D eigenvalue weighted by Gasteiger charge is -2.12. The van der Waals surface area contributed by atoms with Crippen molar-refractivity contribution < 1.29 is 23.1 Å². The van der Waals surface area contributed by atoms with E-state index in [4.69, 9.17) is 4.74 Å². The van der Waals surface area contributed by atoms with Gasteiger partial charge in [0.05, 0.1) is 17.3 Å². The van der Waals surface area contributed by atoms with Crippen molar-refractivity contribution >= 4 is 22.7 Å². The number of para-hydroxylation sites is 1. The van der Waals surface area contributed by atoms with E-state index in [1.54, 1.807) is 28.8 Å². The van der Waals surface area contributed by atoms with Gasteiger partial charge in [-0.05, 0) is 43.2 Å². The SMILES string of the molecule is O=C(CCc1nc2ccccc2c(=O)n1C1CC1)OCC(=O)c1ccc(F)c(F)c1. The molecule has 1 aliphatic carbocycles. The highest BCUT2D eigenvalue weighted by atomic mass is 19.2. The predicted molar refractivity (Wildman–Crippen MR) is 104 cm³/mol. The molecular formula is C22H18F2N2O4. The fourth-order valence-corrected chi connectivity index (χ4v) is 3.26. The molecule has 3 aromatic rings. The number of esters is 1. The maximum Gasteiger partial charge on any atom is 0.306 e. The van der Waals surface area contributed by atoms with E-state index in [0.717, 1.165) is 31.0 Å². The molecule has 6 nitrogen and oxygen atoms in total. The molecule has 1 aliphatic rings. The minimum absolute atomic E-state index is 0.0669. The van der Waals surface area contributed by atoms with Gasteiger partial charge in [0.25, 0.3) is 5.56 Å². The van der Waals surface area contributed by atoms with Gasteiger partial charge >= 0.3 is 5.97 Å². The molecule has 0 unspecified atom stereocenters. The molecule has 0 atom stereocenters. The second-order valence-electron chi connectivity index (χ2n) is 7.16. The maximum atomic E-state index is 13.2. The van der Waals surface area contributed by atoms with Crippen LogP contribution in [0.15, 0.2) is 47.3 Å². The third-order valence-electron chi connectivity index (χ3n) is 4.95. The highest BCUT2D eigenvalue weighted by Crippen LogP contribution is 2.34. The number of rotatable bonds is 7. The summed E-state index contributed by atoms with van der Waals surface area (Å²) in [6, 6.07) is 9.87. The number of carbonyl (C=O) groups is 2. The number of Topliss-reactive ketones (excluding diaryl/α,β-unsaturated/α-hetero) is 1. The average molecular weight is 412 g/mol. The van der Waals surface area contributed by atoms with Gasteiger partial charge in [-0.15, -0.1) is 0 Å². The van der Waals surface area contributed by atoms with Gasteiger partial charge in [-0.25, -0.2) is 13.8 Å². The van der Waals surface area contributed by atoms with Crippen LogP contribution in [0.5, 0.6) is 0 Å². The van der Waals surface area contributed by atoms with Crippen LogP contribution >= 0.6 is 0 Å². The van der Waals surface area contributed by atoms with E-state index in [0.29, 0.717) is 16.7 Å². The van der Waals surface area contributed by atoms with Crippen LogP contribution in [-0.2, 0) is 16.0 Å². The van der Waals surface area contributed by atoms with E-state index in [1.807, 2.05) is 0 Å². The number of halogens is 2. The standard InChI is InChI=1S/C22H18F2N2O4/c23-16-8-5-13(11-17(16)24)19(27)12-30-21(28)10-9-20-25-18-4-2-1-3-15(18)22(29)26(20)14-6-7-14/h1-5,8,11,14H,6-7,9-10,12H2. The van der Waals surface area contributed by atoms with Gasteiger partial charge < -0.3 is 4.74 Å². The number of aromatic nitrogens is 2. The molecular weight excluding hydrogens is 394 g/mol. The summed E-state index contributed by atoms with van der Waals surface area (Å²) < 4.78 is 32.8. The maximum absolute atomic E-state index is 13.2. The van der Waals surface area contributed by atoms with Gasteiger partial charge in [0, 0.05) is 18.0 Å². The molecule has 0 bridgehead atoms. The minimum atomic E-state index is -1.15. The van der Waals surface area contributed by atoms with Crippen molar-refractivity contribution in [1.82, 2.24) is 9.55 Å². The van der Waals surface area contributed by atoms with Gasteiger partial charge in [-0.2, -0.15) is 0 Å². The first-order chi connectivity index (χ1) is 14.4. The smallest absolute Gasteiger partial charge is 0.306 e. The molecule has 0 saturated heterocycles. The highest BCUT2D eigenvalue weighted by molar-refractivity contribution is 5.97. The first-order valence-corrected chi connectivity index (χ1v) is 9.58. The monoisotopic (exact) mass is 412 g/mol. The van der Waals surface area contributed by atoms with Gasteiger partial charge in [-0.1, -0.05) is 12.1 Å². The Hall–Kier alpha value is -3.42. The predicted octanol–water partition coefficient (Wildman–Crippen LogP) is 3.37. The summed E-state index contributed by atoms with van der Waals surface area (Å²) in [6.07, 6.45) is 1.90. The molecule has 1 aromatic heterocycles. The number of aryl methyl sites for hydroxylation is 1. The molecule has 1 saturated carbocycles. The average Bonchev–Trinajstić information content (AvgIpc) is 3.57. The quantitative estimate of drug-likeness (QED) is 0.439. The van der Waals surface area contributed by atoms with Crippen molar-refractivity contribution in [3.8, 4) is 0 Å². The van der Waals surface area contributed by atoms with Crippen LogP contribution in [0, 0.1) is 11.6 Å². The lowest BCUT2D eigenvalue weighted by Crippen LogP contribution is -2.25. The molecule has 0 spiro atoms. The highest BCUT2D eigenvalue weighted by Gasteiger charge is 2.28. The van der Waals surface area contributed by atoms with E-state index in [1.165, 1.54) is 0 Å².